The number of hydrogen-bond donors (Lipinski definition) is 1. The predicted octanol–water partition coefficient (Wildman–Crippen LogP) is 4.86. The van der Waals surface area contributed by atoms with E-state index in [1.807, 2.05) is 6.92 Å². The monoisotopic (exact) mass is 320 g/mol. The summed E-state index contributed by atoms with van der Waals surface area (Å²) in [6.45, 7) is 10.7. The van der Waals surface area contributed by atoms with Crippen molar-refractivity contribution in [2.75, 3.05) is 0 Å². The number of hydrogen-bond acceptors (Lipinski definition) is 2. The van der Waals surface area contributed by atoms with Gasteiger partial charge in [0.1, 0.15) is 6.29 Å². The summed E-state index contributed by atoms with van der Waals surface area (Å²) in [6, 6.07) is 0. The van der Waals surface area contributed by atoms with Gasteiger partial charge in [-0.3, -0.25) is 4.79 Å². The van der Waals surface area contributed by atoms with Crippen molar-refractivity contribution in [2.45, 2.75) is 72.1 Å². The first kappa shape index (κ1) is 18.2. The van der Waals surface area contributed by atoms with Crippen molar-refractivity contribution in [3.63, 3.8) is 0 Å². The molecular weight excluding hydrogens is 288 g/mol. The van der Waals surface area contributed by atoms with Gasteiger partial charge in [-0.1, -0.05) is 32.4 Å². The van der Waals surface area contributed by atoms with Crippen LogP contribution in [0.15, 0.2) is 12.2 Å². The number of carbonyl (C=O) groups excluding carboxylic acids is 1. The van der Waals surface area contributed by atoms with Crippen molar-refractivity contribution in [1.82, 2.24) is 0 Å². The van der Waals surface area contributed by atoms with Crippen LogP contribution in [0.3, 0.4) is 0 Å². The van der Waals surface area contributed by atoms with E-state index in [1.54, 1.807) is 0 Å². The average Bonchev–Trinajstić information content (AvgIpc) is 2.46. The molecule has 0 radical (unpaired) electrons. The second-order valence-corrected chi connectivity index (χ2v) is 8.47. The molecule has 2 aliphatic rings. The van der Waals surface area contributed by atoms with Crippen LogP contribution in [0, 0.1) is 28.6 Å². The van der Waals surface area contributed by atoms with Gasteiger partial charge in [0, 0.05) is 6.42 Å². The van der Waals surface area contributed by atoms with Crippen molar-refractivity contribution < 1.29 is 14.7 Å². The second kappa shape index (κ2) is 6.78. The Morgan fingerprint density at radius 1 is 1.43 bits per heavy atom. The Bertz CT molecular complexity index is 483. The number of allylic oxidation sites excluding steroid dienone is 1. The lowest BCUT2D eigenvalue weighted by Crippen LogP contribution is -2.53. The molecule has 0 saturated heterocycles. The van der Waals surface area contributed by atoms with Crippen LogP contribution in [0.1, 0.15) is 72.1 Å². The number of aldehydes is 1. The number of carbonyl (C=O) groups is 2. The highest BCUT2D eigenvalue weighted by atomic mass is 16.4. The van der Waals surface area contributed by atoms with E-state index in [-0.39, 0.29) is 11.3 Å². The Morgan fingerprint density at radius 2 is 2.13 bits per heavy atom. The molecule has 2 fully saturated rings. The molecule has 0 aromatic rings. The fourth-order valence-electron chi connectivity index (χ4n) is 5.47. The molecule has 0 aliphatic heterocycles. The van der Waals surface area contributed by atoms with Gasteiger partial charge in [-0.2, -0.15) is 0 Å². The average molecular weight is 320 g/mol. The van der Waals surface area contributed by atoms with E-state index in [4.69, 9.17) is 0 Å². The quantitative estimate of drug-likeness (QED) is 0.562. The zero-order valence-corrected chi connectivity index (χ0v) is 14.9. The van der Waals surface area contributed by atoms with Gasteiger partial charge < -0.3 is 9.90 Å². The van der Waals surface area contributed by atoms with Crippen LogP contribution in [0.2, 0.25) is 0 Å². The third kappa shape index (κ3) is 3.25. The number of fused-ring (bicyclic) bond motifs is 1. The zero-order valence-electron chi connectivity index (χ0n) is 14.9. The van der Waals surface area contributed by atoms with Crippen LogP contribution in [0.5, 0.6) is 0 Å². The maximum atomic E-state index is 12.0. The maximum absolute atomic E-state index is 12.0. The standard InChI is InChI=1S/C20H32O3/c1-14(10-13-21)6-8-16-15(2)7-9-17-19(16,3)11-5-12-20(17,4)18(22)23/h13-14,16-17H,2,5-12H2,1,3-4H3,(H,22,23)/t14-,16-,17+,19+,20-/m1/s1. The predicted molar refractivity (Wildman–Crippen MR) is 92.1 cm³/mol. The molecule has 3 heteroatoms. The molecule has 0 amide bonds. The molecule has 0 unspecified atom stereocenters. The van der Waals surface area contributed by atoms with E-state index in [2.05, 4.69) is 20.4 Å². The van der Waals surface area contributed by atoms with Crippen molar-refractivity contribution in [1.29, 1.82) is 0 Å². The summed E-state index contributed by atoms with van der Waals surface area (Å²) < 4.78 is 0. The van der Waals surface area contributed by atoms with Crippen molar-refractivity contribution >= 4 is 12.3 Å². The van der Waals surface area contributed by atoms with E-state index in [0.29, 0.717) is 18.3 Å². The van der Waals surface area contributed by atoms with Crippen LogP contribution in [-0.2, 0) is 9.59 Å². The lowest BCUT2D eigenvalue weighted by molar-refractivity contribution is -0.164. The lowest BCUT2D eigenvalue weighted by Gasteiger charge is -2.57. The van der Waals surface area contributed by atoms with Crippen LogP contribution in [-0.4, -0.2) is 17.4 Å². The molecule has 2 saturated carbocycles. The number of carboxylic acids is 1. The SMILES string of the molecule is C=C1CC[C@H]2[C@@](C)(CCC[C@@]2(C)C(=O)O)[C@@H]1CC[C@@H](C)CC=O. The van der Waals surface area contributed by atoms with Crippen molar-refractivity contribution in [3.8, 4) is 0 Å². The van der Waals surface area contributed by atoms with Gasteiger partial charge in [-0.25, -0.2) is 0 Å². The molecule has 0 spiro atoms. The van der Waals surface area contributed by atoms with Gasteiger partial charge in [-0.15, -0.1) is 0 Å². The van der Waals surface area contributed by atoms with Gasteiger partial charge in [0.05, 0.1) is 5.41 Å². The Morgan fingerprint density at radius 3 is 2.74 bits per heavy atom. The highest BCUT2D eigenvalue weighted by Crippen LogP contribution is 2.62. The summed E-state index contributed by atoms with van der Waals surface area (Å²) in [4.78, 5) is 22.7. The maximum Gasteiger partial charge on any atom is 0.309 e. The van der Waals surface area contributed by atoms with E-state index < -0.39 is 11.4 Å². The van der Waals surface area contributed by atoms with E-state index >= 15 is 0 Å². The van der Waals surface area contributed by atoms with E-state index in [0.717, 1.165) is 51.2 Å². The molecule has 0 aromatic carbocycles. The molecule has 5 atom stereocenters. The number of carboxylic acid groups (broad SMARTS) is 1. The summed E-state index contributed by atoms with van der Waals surface area (Å²) in [5.41, 5.74) is 0.749. The first-order chi connectivity index (χ1) is 10.8. The Balaban J connectivity index is 2.22. The van der Waals surface area contributed by atoms with Gasteiger partial charge in [-0.05, 0) is 68.6 Å². The fourth-order valence-corrected chi connectivity index (χ4v) is 5.47. The third-order valence-corrected chi connectivity index (χ3v) is 6.95. The lowest BCUT2D eigenvalue weighted by atomic mass is 9.46. The topological polar surface area (TPSA) is 54.4 Å². The fraction of sp³-hybridized carbons (Fsp3) is 0.800. The first-order valence-electron chi connectivity index (χ1n) is 9.10. The molecule has 2 rings (SSSR count). The molecule has 0 heterocycles. The van der Waals surface area contributed by atoms with Crippen molar-refractivity contribution in [3.05, 3.63) is 12.2 Å². The van der Waals surface area contributed by atoms with Crippen molar-refractivity contribution in [2.24, 2.45) is 28.6 Å². The van der Waals surface area contributed by atoms with Gasteiger partial charge >= 0.3 is 5.97 Å². The normalized spacial score (nSPS) is 38.7. The molecule has 0 aromatic heterocycles. The van der Waals surface area contributed by atoms with Gasteiger partial charge in [0.15, 0.2) is 0 Å². The summed E-state index contributed by atoms with van der Waals surface area (Å²) >= 11 is 0. The van der Waals surface area contributed by atoms with E-state index in [9.17, 15) is 14.7 Å². The minimum Gasteiger partial charge on any atom is -0.481 e. The van der Waals surface area contributed by atoms with Crippen LogP contribution in [0.25, 0.3) is 0 Å². The Kier molecular flexibility index (Phi) is 5.37. The number of aliphatic carboxylic acids is 1. The Labute approximate surface area is 140 Å². The van der Waals surface area contributed by atoms with Crippen LogP contribution < -0.4 is 0 Å². The molecular formula is C20H32O3. The smallest absolute Gasteiger partial charge is 0.309 e. The minimum absolute atomic E-state index is 0.0433. The summed E-state index contributed by atoms with van der Waals surface area (Å²) in [6.07, 6.45) is 8.48. The van der Waals surface area contributed by atoms with E-state index in [1.165, 1.54) is 5.57 Å². The minimum atomic E-state index is -0.631. The third-order valence-electron chi connectivity index (χ3n) is 6.95. The van der Waals surface area contributed by atoms with Gasteiger partial charge in [0.25, 0.3) is 0 Å². The first-order valence-corrected chi connectivity index (χ1v) is 9.10. The van der Waals surface area contributed by atoms with Gasteiger partial charge in [0.2, 0.25) is 0 Å². The largest absolute Gasteiger partial charge is 0.481 e. The molecule has 0 bridgehead atoms. The summed E-state index contributed by atoms with van der Waals surface area (Å²) in [5.74, 6) is 0.403. The second-order valence-electron chi connectivity index (χ2n) is 8.47. The molecule has 3 nitrogen and oxygen atoms in total. The highest BCUT2D eigenvalue weighted by molar-refractivity contribution is 5.75. The zero-order chi connectivity index (χ0) is 17.3. The van der Waals surface area contributed by atoms with Crippen LogP contribution >= 0.6 is 0 Å². The molecule has 2 aliphatic carbocycles. The highest BCUT2D eigenvalue weighted by Gasteiger charge is 2.57. The number of rotatable bonds is 6. The summed E-state index contributed by atoms with van der Waals surface area (Å²) in [5, 5.41) is 9.83. The van der Waals surface area contributed by atoms with Crippen LogP contribution in [0.4, 0.5) is 0 Å². The summed E-state index contributed by atoms with van der Waals surface area (Å²) in [7, 11) is 0. The molecule has 130 valence electrons. The Hall–Kier alpha value is -1.12. The molecule has 1 N–H and O–H groups in total. The molecule has 23 heavy (non-hydrogen) atoms.